The van der Waals surface area contributed by atoms with Crippen molar-refractivity contribution in [2.75, 3.05) is 5.32 Å². The Morgan fingerprint density at radius 2 is 2.06 bits per heavy atom. The zero-order chi connectivity index (χ0) is 13.1. The molecule has 0 radical (unpaired) electrons. The van der Waals surface area contributed by atoms with Crippen molar-refractivity contribution in [2.45, 2.75) is 0 Å². The number of rotatable bonds is 2. The van der Waals surface area contributed by atoms with Crippen LogP contribution in [0.2, 0.25) is 5.15 Å². The Balaban J connectivity index is 2.18. The van der Waals surface area contributed by atoms with E-state index in [0.717, 1.165) is 0 Å². The van der Waals surface area contributed by atoms with Crippen molar-refractivity contribution in [3.05, 3.63) is 50.4 Å². The largest absolute Gasteiger partial charge is 0.321 e. The van der Waals surface area contributed by atoms with Crippen LogP contribution in [-0.2, 0) is 0 Å². The second kappa shape index (κ2) is 5.77. The van der Waals surface area contributed by atoms with Crippen molar-refractivity contribution in [2.24, 2.45) is 0 Å². The van der Waals surface area contributed by atoms with E-state index in [1.54, 1.807) is 24.4 Å². The summed E-state index contributed by atoms with van der Waals surface area (Å²) >= 11 is 12.2. The number of halogens is 3. The molecule has 0 aliphatic rings. The van der Waals surface area contributed by atoms with Gasteiger partial charge in [-0.15, -0.1) is 0 Å². The third-order valence-corrected chi connectivity index (χ3v) is 3.61. The summed E-state index contributed by atoms with van der Waals surface area (Å²) in [6.07, 6.45) is 3.04. The van der Waals surface area contributed by atoms with Gasteiger partial charge in [0.15, 0.2) is 0 Å². The molecule has 1 N–H and O–H groups in total. The molecule has 1 amide bonds. The van der Waals surface area contributed by atoms with Crippen LogP contribution in [0.25, 0.3) is 0 Å². The lowest BCUT2D eigenvalue weighted by Gasteiger charge is -2.06. The first-order valence-corrected chi connectivity index (χ1v) is 6.76. The topological polar surface area (TPSA) is 54.9 Å². The highest BCUT2D eigenvalue weighted by atomic mass is 79.9. The fourth-order valence-corrected chi connectivity index (χ4v) is 2.05. The van der Waals surface area contributed by atoms with Crippen molar-refractivity contribution in [1.29, 1.82) is 0 Å². The number of nitrogens with zero attached hydrogens (tertiary/aromatic N) is 2. The van der Waals surface area contributed by atoms with Crippen molar-refractivity contribution in [3.63, 3.8) is 0 Å². The average molecular weight is 391 g/mol. The molecular formula is C11H6Br2ClN3O. The average Bonchev–Trinajstić information content (AvgIpc) is 2.34. The van der Waals surface area contributed by atoms with Gasteiger partial charge in [-0.2, -0.15) is 0 Å². The number of hydrogen-bond donors (Lipinski definition) is 1. The van der Waals surface area contributed by atoms with Crippen molar-refractivity contribution in [3.8, 4) is 0 Å². The third-order valence-electron chi connectivity index (χ3n) is 2.04. The summed E-state index contributed by atoms with van der Waals surface area (Å²) in [5.41, 5.74) is 1.06. The van der Waals surface area contributed by atoms with Gasteiger partial charge in [0.05, 0.1) is 16.4 Å². The van der Waals surface area contributed by atoms with Crippen LogP contribution >= 0.6 is 43.5 Å². The minimum atomic E-state index is -0.242. The summed E-state index contributed by atoms with van der Waals surface area (Å²) in [6.45, 7) is 0. The summed E-state index contributed by atoms with van der Waals surface area (Å²) in [5, 5.41) is 3.06. The molecule has 7 heteroatoms. The summed E-state index contributed by atoms with van der Waals surface area (Å²) < 4.78 is 1.23. The maximum atomic E-state index is 11.9. The Morgan fingerprint density at radius 1 is 1.28 bits per heavy atom. The second-order valence-electron chi connectivity index (χ2n) is 3.32. The van der Waals surface area contributed by atoms with Crippen LogP contribution in [0.1, 0.15) is 10.4 Å². The van der Waals surface area contributed by atoms with Gasteiger partial charge in [0.1, 0.15) is 9.76 Å². The maximum absolute atomic E-state index is 11.9. The van der Waals surface area contributed by atoms with Gasteiger partial charge in [0.25, 0.3) is 5.91 Å². The Kier molecular flexibility index (Phi) is 4.31. The van der Waals surface area contributed by atoms with Crippen LogP contribution in [0.15, 0.2) is 39.7 Å². The predicted molar refractivity (Wildman–Crippen MR) is 76.8 cm³/mol. The minimum Gasteiger partial charge on any atom is -0.321 e. The molecule has 0 spiro atoms. The molecular weight excluding hydrogens is 385 g/mol. The second-order valence-corrected chi connectivity index (χ2v) is 5.34. The Morgan fingerprint density at radius 3 is 2.72 bits per heavy atom. The molecule has 0 unspecified atom stereocenters. The van der Waals surface area contributed by atoms with Crippen LogP contribution in [-0.4, -0.2) is 15.9 Å². The molecule has 0 saturated heterocycles. The molecule has 0 atom stereocenters. The lowest BCUT2D eigenvalue weighted by molar-refractivity contribution is 0.102. The number of aromatic nitrogens is 2. The Labute approximate surface area is 125 Å². The molecule has 92 valence electrons. The maximum Gasteiger partial charge on any atom is 0.255 e. The zero-order valence-electron chi connectivity index (χ0n) is 8.82. The number of hydrogen-bond acceptors (Lipinski definition) is 3. The normalized spacial score (nSPS) is 10.2. The van der Waals surface area contributed by atoms with Gasteiger partial charge in [-0.05, 0) is 50.1 Å². The van der Waals surface area contributed by atoms with E-state index in [1.165, 1.54) is 6.20 Å². The summed E-state index contributed by atoms with van der Waals surface area (Å²) in [4.78, 5) is 19.8. The molecule has 0 aliphatic carbocycles. The molecule has 18 heavy (non-hydrogen) atoms. The van der Waals surface area contributed by atoms with Crippen LogP contribution in [0.3, 0.4) is 0 Å². The standard InChI is InChI=1S/C11H6Br2ClN3O/c12-8-4-7(5-16-10(8)14)17-11(18)6-1-2-15-9(13)3-6/h1-5H,(H,17,18). The number of carbonyl (C=O) groups excluding carboxylic acids is 1. The van der Waals surface area contributed by atoms with Crippen LogP contribution in [0, 0.1) is 0 Å². The number of nitrogens with one attached hydrogen (secondary N) is 1. The Hall–Kier alpha value is -0.980. The van der Waals surface area contributed by atoms with Crippen molar-refractivity contribution >= 4 is 55.1 Å². The van der Waals surface area contributed by atoms with E-state index < -0.39 is 0 Å². The van der Waals surface area contributed by atoms with E-state index in [0.29, 0.717) is 25.5 Å². The number of anilines is 1. The SMILES string of the molecule is O=C(Nc1cnc(Cl)c(Br)c1)c1ccnc(Br)c1. The van der Waals surface area contributed by atoms with Gasteiger partial charge in [0, 0.05) is 11.8 Å². The van der Waals surface area contributed by atoms with Gasteiger partial charge < -0.3 is 5.32 Å². The first kappa shape index (κ1) is 13.5. The zero-order valence-corrected chi connectivity index (χ0v) is 12.8. The van der Waals surface area contributed by atoms with E-state index >= 15 is 0 Å². The lowest BCUT2D eigenvalue weighted by Crippen LogP contribution is -2.12. The van der Waals surface area contributed by atoms with E-state index in [-0.39, 0.29) is 5.91 Å². The fourth-order valence-electron chi connectivity index (χ4n) is 1.24. The first-order valence-electron chi connectivity index (χ1n) is 4.80. The van der Waals surface area contributed by atoms with Crippen LogP contribution < -0.4 is 5.32 Å². The summed E-state index contributed by atoms with van der Waals surface area (Å²) in [7, 11) is 0. The number of carbonyl (C=O) groups is 1. The highest BCUT2D eigenvalue weighted by molar-refractivity contribution is 9.10. The van der Waals surface area contributed by atoms with Gasteiger partial charge in [-0.25, -0.2) is 9.97 Å². The molecule has 0 aromatic carbocycles. The van der Waals surface area contributed by atoms with E-state index in [9.17, 15) is 4.79 Å². The molecule has 0 saturated carbocycles. The van der Waals surface area contributed by atoms with Gasteiger partial charge in [-0.1, -0.05) is 11.6 Å². The number of pyridine rings is 2. The molecule has 0 fully saturated rings. The monoisotopic (exact) mass is 389 g/mol. The van der Waals surface area contributed by atoms with E-state index in [1.807, 2.05) is 0 Å². The fraction of sp³-hybridized carbons (Fsp3) is 0. The predicted octanol–water partition coefficient (Wildman–Crippen LogP) is 3.91. The smallest absolute Gasteiger partial charge is 0.255 e. The summed E-state index contributed by atoms with van der Waals surface area (Å²) in [6, 6.07) is 4.94. The highest BCUT2D eigenvalue weighted by Crippen LogP contribution is 2.23. The highest BCUT2D eigenvalue weighted by Gasteiger charge is 2.08. The molecule has 2 rings (SSSR count). The van der Waals surface area contributed by atoms with Gasteiger partial charge >= 0.3 is 0 Å². The first-order chi connectivity index (χ1) is 8.56. The molecule has 0 aliphatic heterocycles. The van der Waals surface area contributed by atoms with Crippen LogP contribution in [0.4, 0.5) is 5.69 Å². The number of amides is 1. The molecule has 2 aromatic rings. The van der Waals surface area contributed by atoms with Crippen LogP contribution in [0.5, 0.6) is 0 Å². The van der Waals surface area contributed by atoms with E-state index in [2.05, 4.69) is 47.1 Å². The lowest BCUT2D eigenvalue weighted by atomic mass is 10.2. The van der Waals surface area contributed by atoms with Gasteiger partial charge in [0.2, 0.25) is 0 Å². The molecule has 2 heterocycles. The molecule has 2 aromatic heterocycles. The molecule has 4 nitrogen and oxygen atoms in total. The third kappa shape index (κ3) is 3.28. The van der Waals surface area contributed by atoms with Gasteiger partial charge in [-0.3, -0.25) is 4.79 Å². The minimum absolute atomic E-state index is 0.242. The van der Waals surface area contributed by atoms with E-state index in [4.69, 9.17) is 11.6 Å². The van der Waals surface area contributed by atoms with Crippen molar-refractivity contribution < 1.29 is 4.79 Å². The quantitative estimate of drug-likeness (QED) is 0.790. The van der Waals surface area contributed by atoms with Crippen molar-refractivity contribution in [1.82, 2.24) is 9.97 Å². The molecule has 0 bridgehead atoms. The Bertz CT molecular complexity index is 607. The summed E-state index contributed by atoms with van der Waals surface area (Å²) in [5.74, 6) is -0.242.